The Bertz CT molecular complexity index is 1360. The molecule has 4 rings (SSSR count). The number of hydrogen-bond acceptors (Lipinski definition) is 7. The van der Waals surface area contributed by atoms with E-state index in [4.69, 9.17) is 4.74 Å². The second kappa shape index (κ2) is 7.26. The predicted molar refractivity (Wildman–Crippen MR) is 108 cm³/mol. The Kier molecular flexibility index (Phi) is 4.62. The summed E-state index contributed by atoms with van der Waals surface area (Å²) < 4.78 is 32.6. The van der Waals surface area contributed by atoms with Crippen LogP contribution in [0.1, 0.15) is 5.56 Å². The van der Waals surface area contributed by atoms with Crippen LogP contribution in [-0.2, 0) is 10.0 Å². The number of anilines is 2. The third-order valence-electron chi connectivity index (χ3n) is 4.26. The fourth-order valence-electron chi connectivity index (χ4n) is 2.87. The maximum absolute atomic E-state index is 13.2. The molecule has 144 valence electrons. The zero-order valence-corrected chi connectivity index (χ0v) is 16.1. The van der Waals surface area contributed by atoms with Gasteiger partial charge in [-0.25, -0.2) is 17.4 Å². The van der Waals surface area contributed by atoms with E-state index in [0.717, 1.165) is 3.97 Å². The van der Waals surface area contributed by atoms with Gasteiger partial charge in [-0.05, 0) is 30.3 Å². The molecule has 0 saturated heterocycles. The second-order valence-electron chi connectivity index (χ2n) is 6.05. The number of hydrogen-bond donors (Lipinski definition) is 1. The summed E-state index contributed by atoms with van der Waals surface area (Å²) >= 11 is 0. The van der Waals surface area contributed by atoms with Crippen LogP contribution in [0.3, 0.4) is 0 Å². The van der Waals surface area contributed by atoms with E-state index in [-0.39, 0.29) is 22.1 Å². The Labute approximate surface area is 167 Å². The maximum Gasteiger partial charge on any atom is 0.270 e. The van der Waals surface area contributed by atoms with Gasteiger partial charge in [0.1, 0.15) is 16.7 Å². The van der Waals surface area contributed by atoms with Crippen LogP contribution >= 0.6 is 0 Å². The summed E-state index contributed by atoms with van der Waals surface area (Å²) in [5.41, 5.74) is 0.968. The SMILES string of the molecule is COc1cccc(Nc2ncc3ccn(S(=O)(=O)c4ccccc4C#N)c3n2)c1. The van der Waals surface area contributed by atoms with Gasteiger partial charge in [0.15, 0.2) is 5.65 Å². The molecule has 2 aromatic carbocycles. The van der Waals surface area contributed by atoms with Crippen LogP contribution in [0.15, 0.2) is 71.9 Å². The molecule has 0 aliphatic rings. The van der Waals surface area contributed by atoms with Crippen LogP contribution in [0, 0.1) is 11.3 Å². The lowest BCUT2D eigenvalue weighted by Crippen LogP contribution is -2.14. The highest BCUT2D eigenvalue weighted by atomic mass is 32.2. The van der Waals surface area contributed by atoms with E-state index in [9.17, 15) is 13.7 Å². The molecule has 0 aliphatic carbocycles. The average Bonchev–Trinajstić information content (AvgIpc) is 3.18. The Balaban J connectivity index is 1.79. The smallest absolute Gasteiger partial charge is 0.270 e. The first-order valence-electron chi connectivity index (χ1n) is 8.53. The normalized spacial score (nSPS) is 11.2. The molecule has 0 saturated carbocycles. The molecule has 4 aromatic rings. The van der Waals surface area contributed by atoms with Crippen molar-refractivity contribution < 1.29 is 13.2 Å². The van der Waals surface area contributed by atoms with E-state index in [1.807, 2.05) is 18.2 Å². The molecule has 2 aromatic heterocycles. The number of aromatic nitrogens is 3. The van der Waals surface area contributed by atoms with Crippen LogP contribution in [0.4, 0.5) is 11.6 Å². The quantitative estimate of drug-likeness (QED) is 0.542. The molecule has 0 aliphatic heterocycles. The number of nitrogens with zero attached hydrogens (tertiary/aromatic N) is 4. The van der Waals surface area contributed by atoms with Crippen molar-refractivity contribution in [2.75, 3.05) is 12.4 Å². The van der Waals surface area contributed by atoms with Crippen molar-refractivity contribution in [3.63, 3.8) is 0 Å². The van der Waals surface area contributed by atoms with Gasteiger partial charge in [-0.3, -0.25) is 0 Å². The lowest BCUT2D eigenvalue weighted by molar-refractivity contribution is 0.415. The highest BCUT2D eigenvalue weighted by Crippen LogP contribution is 2.25. The highest BCUT2D eigenvalue weighted by Gasteiger charge is 2.23. The van der Waals surface area contributed by atoms with Gasteiger partial charge < -0.3 is 10.1 Å². The summed E-state index contributed by atoms with van der Waals surface area (Å²) in [6, 6.07) is 16.8. The Morgan fingerprint density at radius 1 is 1.14 bits per heavy atom. The molecule has 1 N–H and O–H groups in total. The van der Waals surface area contributed by atoms with Gasteiger partial charge in [0.05, 0.1) is 12.7 Å². The summed E-state index contributed by atoms with van der Waals surface area (Å²) in [6.45, 7) is 0. The second-order valence-corrected chi connectivity index (χ2v) is 7.84. The first kappa shape index (κ1) is 18.5. The standard InChI is InChI=1S/C20H15N5O3S/c1-28-17-7-4-6-16(11-17)23-20-22-13-15-9-10-25(19(15)24-20)29(26,27)18-8-3-2-5-14(18)12-21/h2-11,13H,1H3,(H,22,23,24). The van der Waals surface area contributed by atoms with E-state index in [0.29, 0.717) is 16.8 Å². The van der Waals surface area contributed by atoms with Crippen molar-refractivity contribution in [2.45, 2.75) is 4.90 Å². The highest BCUT2D eigenvalue weighted by molar-refractivity contribution is 7.90. The van der Waals surface area contributed by atoms with E-state index >= 15 is 0 Å². The van der Waals surface area contributed by atoms with Crippen molar-refractivity contribution in [3.05, 3.63) is 72.6 Å². The zero-order chi connectivity index (χ0) is 20.4. The first-order valence-corrected chi connectivity index (χ1v) is 9.97. The molecule has 8 nitrogen and oxygen atoms in total. The van der Waals surface area contributed by atoms with Crippen molar-refractivity contribution in [1.82, 2.24) is 13.9 Å². The molecular weight excluding hydrogens is 390 g/mol. The average molecular weight is 405 g/mol. The summed E-state index contributed by atoms with van der Waals surface area (Å²) in [6.07, 6.45) is 2.94. The lowest BCUT2D eigenvalue weighted by atomic mass is 10.2. The Morgan fingerprint density at radius 2 is 1.97 bits per heavy atom. The van der Waals surface area contributed by atoms with E-state index in [1.165, 1.54) is 24.5 Å². The summed E-state index contributed by atoms with van der Waals surface area (Å²) in [4.78, 5) is 8.52. The van der Waals surface area contributed by atoms with Gasteiger partial charge in [0.25, 0.3) is 10.0 Å². The number of methoxy groups -OCH3 is 1. The Hall–Kier alpha value is -3.90. The van der Waals surface area contributed by atoms with Crippen molar-refractivity contribution >= 4 is 32.7 Å². The molecule has 0 fully saturated rings. The van der Waals surface area contributed by atoms with Gasteiger partial charge in [-0.15, -0.1) is 0 Å². The van der Waals surface area contributed by atoms with Crippen molar-refractivity contribution in [2.24, 2.45) is 0 Å². The number of fused-ring (bicyclic) bond motifs is 1. The number of nitrogens with one attached hydrogen (secondary N) is 1. The number of rotatable bonds is 5. The molecule has 0 amide bonds. The van der Waals surface area contributed by atoms with E-state index in [2.05, 4.69) is 15.3 Å². The maximum atomic E-state index is 13.2. The van der Waals surface area contributed by atoms with E-state index < -0.39 is 10.0 Å². The molecule has 9 heteroatoms. The minimum absolute atomic E-state index is 0.0677. The minimum atomic E-state index is -4.01. The van der Waals surface area contributed by atoms with Gasteiger partial charge in [0, 0.05) is 29.5 Å². The fraction of sp³-hybridized carbons (Fsp3) is 0.0500. The number of nitriles is 1. The fourth-order valence-corrected chi connectivity index (χ4v) is 4.32. The van der Waals surface area contributed by atoms with Gasteiger partial charge in [0.2, 0.25) is 5.95 Å². The van der Waals surface area contributed by atoms with Crippen molar-refractivity contribution in [3.8, 4) is 11.8 Å². The van der Waals surface area contributed by atoms with Crippen LogP contribution in [0.25, 0.3) is 11.0 Å². The third kappa shape index (κ3) is 3.37. The summed E-state index contributed by atoms with van der Waals surface area (Å²) in [5, 5.41) is 12.9. The van der Waals surface area contributed by atoms with Crippen molar-refractivity contribution in [1.29, 1.82) is 5.26 Å². The number of ether oxygens (including phenoxy) is 1. The monoisotopic (exact) mass is 405 g/mol. The van der Waals surface area contributed by atoms with E-state index in [1.54, 1.807) is 37.4 Å². The lowest BCUT2D eigenvalue weighted by Gasteiger charge is -2.10. The molecular formula is C20H15N5O3S. The minimum Gasteiger partial charge on any atom is -0.497 e. The molecule has 2 heterocycles. The molecule has 0 unspecified atom stereocenters. The molecule has 29 heavy (non-hydrogen) atoms. The molecule has 0 radical (unpaired) electrons. The van der Waals surface area contributed by atoms with Crippen LogP contribution in [-0.4, -0.2) is 29.5 Å². The zero-order valence-electron chi connectivity index (χ0n) is 15.3. The van der Waals surface area contributed by atoms with Crippen LogP contribution in [0.2, 0.25) is 0 Å². The third-order valence-corrected chi connectivity index (χ3v) is 5.99. The Morgan fingerprint density at radius 3 is 2.76 bits per heavy atom. The largest absolute Gasteiger partial charge is 0.497 e. The van der Waals surface area contributed by atoms with Crippen LogP contribution in [0.5, 0.6) is 5.75 Å². The number of benzene rings is 2. The molecule has 0 atom stereocenters. The first-order chi connectivity index (χ1) is 14.0. The van der Waals surface area contributed by atoms with Gasteiger partial charge >= 0.3 is 0 Å². The molecule has 0 bridgehead atoms. The van der Waals surface area contributed by atoms with Gasteiger partial charge in [-0.2, -0.15) is 10.2 Å². The topological polar surface area (TPSA) is 110 Å². The summed E-state index contributed by atoms with van der Waals surface area (Å²) in [7, 11) is -2.44. The van der Waals surface area contributed by atoms with Gasteiger partial charge in [-0.1, -0.05) is 18.2 Å². The van der Waals surface area contributed by atoms with Crippen LogP contribution < -0.4 is 10.1 Å². The predicted octanol–water partition coefficient (Wildman–Crippen LogP) is 3.29. The molecule has 0 spiro atoms. The summed E-state index contributed by atoms with van der Waals surface area (Å²) in [5.74, 6) is 0.893.